The van der Waals surface area contributed by atoms with Crippen LogP contribution in [0.15, 0.2) is 12.4 Å². The fourth-order valence-corrected chi connectivity index (χ4v) is 0.937. The van der Waals surface area contributed by atoms with Crippen LogP contribution in [-0.2, 0) is 9.47 Å². The topological polar surface area (TPSA) is 91.5 Å². The van der Waals surface area contributed by atoms with Gasteiger partial charge in [0.05, 0.1) is 32.2 Å². The molecule has 0 unspecified atom stereocenters. The van der Waals surface area contributed by atoms with E-state index in [0.717, 1.165) is 0 Å². The zero-order valence-corrected chi connectivity index (χ0v) is 9.18. The minimum atomic E-state index is 0.408. The van der Waals surface area contributed by atoms with Crippen molar-refractivity contribution in [3.05, 3.63) is 12.4 Å². The summed E-state index contributed by atoms with van der Waals surface area (Å²) in [6, 6.07) is 0. The number of nitrogen functional groups attached to an aromatic ring is 1. The van der Waals surface area contributed by atoms with Gasteiger partial charge >= 0.3 is 0 Å². The molecular weight excluding hydrogens is 212 g/mol. The van der Waals surface area contributed by atoms with Gasteiger partial charge in [0, 0.05) is 7.11 Å². The number of methoxy groups -OCH3 is 1. The summed E-state index contributed by atoms with van der Waals surface area (Å²) in [4.78, 5) is 7.92. The maximum atomic E-state index is 5.29. The van der Waals surface area contributed by atoms with Gasteiger partial charge in [-0.15, -0.1) is 0 Å². The number of aromatic nitrogens is 2. The summed E-state index contributed by atoms with van der Waals surface area (Å²) < 4.78 is 15.3. The summed E-state index contributed by atoms with van der Waals surface area (Å²) in [5, 5.41) is 0. The van der Waals surface area contributed by atoms with E-state index in [1.54, 1.807) is 7.11 Å². The standard InChI is InChI=1S/C9H16N4O3/c1-14-2-3-15-4-5-16-9-7-11-6-8(12-9)13-10/h6-7H,2-5,10H2,1H3,(H,12,13). The first-order chi connectivity index (χ1) is 7.86. The summed E-state index contributed by atoms with van der Waals surface area (Å²) in [5.74, 6) is 6.05. The lowest BCUT2D eigenvalue weighted by atomic mass is 10.6. The molecule has 3 N–H and O–H groups in total. The normalized spacial score (nSPS) is 10.1. The SMILES string of the molecule is COCCOCCOc1cncc(NN)n1. The average Bonchev–Trinajstić information content (AvgIpc) is 2.34. The first-order valence-corrected chi connectivity index (χ1v) is 4.85. The maximum absolute atomic E-state index is 5.29. The molecule has 0 saturated carbocycles. The van der Waals surface area contributed by atoms with Crippen molar-refractivity contribution in [3.63, 3.8) is 0 Å². The molecule has 7 heteroatoms. The molecule has 16 heavy (non-hydrogen) atoms. The number of ether oxygens (including phenoxy) is 3. The second-order valence-corrected chi connectivity index (χ2v) is 2.84. The number of hydrazine groups is 1. The Morgan fingerprint density at radius 3 is 2.81 bits per heavy atom. The minimum absolute atomic E-state index is 0.408. The summed E-state index contributed by atoms with van der Waals surface area (Å²) in [6.45, 7) is 2.01. The van der Waals surface area contributed by atoms with Crippen LogP contribution in [0.5, 0.6) is 5.88 Å². The van der Waals surface area contributed by atoms with Gasteiger partial charge in [-0.3, -0.25) is 4.98 Å². The summed E-state index contributed by atoms with van der Waals surface area (Å²) >= 11 is 0. The first kappa shape index (κ1) is 12.6. The zero-order valence-electron chi connectivity index (χ0n) is 9.18. The highest BCUT2D eigenvalue weighted by Gasteiger charge is 1.98. The molecule has 0 spiro atoms. The van der Waals surface area contributed by atoms with Crippen LogP contribution in [0.1, 0.15) is 0 Å². The molecule has 0 radical (unpaired) electrons. The highest BCUT2D eigenvalue weighted by molar-refractivity contribution is 5.31. The van der Waals surface area contributed by atoms with Crippen LogP contribution < -0.4 is 16.0 Å². The second-order valence-electron chi connectivity index (χ2n) is 2.84. The molecule has 1 heterocycles. The molecule has 7 nitrogen and oxygen atoms in total. The van der Waals surface area contributed by atoms with Gasteiger partial charge in [-0.2, -0.15) is 4.98 Å². The molecule has 0 bridgehead atoms. The Bertz CT molecular complexity index is 298. The highest BCUT2D eigenvalue weighted by Crippen LogP contribution is 2.07. The van der Waals surface area contributed by atoms with Crippen LogP contribution in [0.4, 0.5) is 5.82 Å². The predicted octanol–water partition coefficient (Wildman–Crippen LogP) is -0.196. The van der Waals surface area contributed by atoms with E-state index < -0.39 is 0 Å². The van der Waals surface area contributed by atoms with Crippen molar-refractivity contribution in [2.24, 2.45) is 5.84 Å². The second kappa shape index (κ2) is 7.80. The van der Waals surface area contributed by atoms with Gasteiger partial charge in [-0.05, 0) is 0 Å². The van der Waals surface area contributed by atoms with E-state index in [9.17, 15) is 0 Å². The number of nitrogens with zero attached hydrogens (tertiary/aromatic N) is 2. The minimum Gasteiger partial charge on any atom is -0.474 e. The summed E-state index contributed by atoms with van der Waals surface area (Å²) in [7, 11) is 1.63. The molecule has 1 aromatic heterocycles. The van der Waals surface area contributed by atoms with Gasteiger partial charge in [0.1, 0.15) is 6.61 Å². The third-order valence-corrected chi connectivity index (χ3v) is 1.67. The smallest absolute Gasteiger partial charge is 0.234 e. The van der Waals surface area contributed by atoms with Crippen LogP contribution in [0.2, 0.25) is 0 Å². The third-order valence-electron chi connectivity index (χ3n) is 1.67. The van der Waals surface area contributed by atoms with Crippen molar-refractivity contribution in [2.45, 2.75) is 0 Å². The third kappa shape index (κ3) is 4.87. The van der Waals surface area contributed by atoms with Crippen LogP contribution in [-0.4, -0.2) is 43.5 Å². The van der Waals surface area contributed by atoms with E-state index in [1.807, 2.05) is 0 Å². The van der Waals surface area contributed by atoms with Crippen molar-refractivity contribution in [2.75, 3.05) is 39.0 Å². The Hall–Kier alpha value is -1.44. The van der Waals surface area contributed by atoms with Crippen molar-refractivity contribution in [1.29, 1.82) is 0 Å². The quantitative estimate of drug-likeness (QED) is 0.362. The Balaban J connectivity index is 2.16. The molecule has 0 atom stereocenters. The van der Waals surface area contributed by atoms with E-state index in [0.29, 0.717) is 38.1 Å². The highest BCUT2D eigenvalue weighted by atomic mass is 16.5. The van der Waals surface area contributed by atoms with Gasteiger partial charge < -0.3 is 19.6 Å². The molecule has 0 saturated heterocycles. The summed E-state index contributed by atoms with van der Waals surface area (Å²) in [5.41, 5.74) is 2.38. The Kier molecular flexibility index (Phi) is 6.16. The Labute approximate surface area is 93.9 Å². The lowest BCUT2D eigenvalue weighted by Crippen LogP contribution is -2.12. The Morgan fingerprint density at radius 1 is 1.25 bits per heavy atom. The largest absolute Gasteiger partial charge is 0.474 e. The monoisotopic (exact) mass is 228 g/mol. The zero-order chi connectivity index (χ0) is 11.6. The Morgan fingerprint density at radius 2 is 2.06 bits per heavy atom. The molecule has 0 aliphatic rings. The van der Waals surface area contributed by atoms with Crippen LogP contribution >= 0.6 is 0 Å². The summed E-state index contributed by atoms with van der Waals surface area (Å²) in [6.07, 6.45) is 3.01. The molecule has 90 valence electrons. The van der Waals surface area contributed by atoms with Gasteiger partial charge in [0.2, 0.25) is 5.88 Å². The van der Waals surface area contributed by atoms with E-state index in [1.165, 1.54) is 12.4 Å². The van der Waals surface area contributed by atoms with Crippen molar-refractivity contribution >= 4 is 5.82 Å². The van der Waals surface area contributed by atoms with E-state index in [4.69, 9.17) is 20.1 Å². The van der Waals surface area contributed by atoms with Crippen molar-refractivity contribution in [3.8, 4) is 5.88 Å². The van der Waals surface area contributed by atoms with Crippen LogP contribution in [0.25, 0.3) is 0 Å². The van der Waals surface area contributed by atoms with Gasteiger partial charge in [-0.25, -0.2) is 5.84 Å². The van der Waals surface area contributed by atoms with Crippen molar-refractivity contribution in [1.82, 2.24) is 9.97 Å². The lowest BCUT2D eigenvalue weighted by Gasteiger charge is -2.06. The molecular formula is C9H16N4O3. The fourth-order valence-electron chi connectivity index (χ4n) is 0.937. The molecule has 1 rings (SSSR count). The van der Waals surface area contributed by atoms with Gasteiger partial charge in [0.25, 0.3) is 0 Å². The number of hydrogen-bond acceptors (Lipinski definition) is 7. The van der Waals surface area contributed by atoms with Crippen molar-refractivity contribution < 1.29 is 14.2 Å². The number of rotatable bonds is 8. The van der Waals surface area contributed by atoms with E-state index >= 15 is 0 Å². The predicted molar refractivity (Wildman–Crippen MR) is 58.0 cm³/mol. The average molecular weight is 228 g/mol. The van der Waals surface area contributed by atoms with Crippen LogP contribution in [0, 0.1) is 0 Å². The fraction of sp³-hybridized carbons (Fsp3) is 0.556. The van der Waals surface area contributed by atoms with Crippen LogP contribution in [0.3, 0.4) is 0 Å². The first-order valence-electron chi connectivity index (χ1n) is 4.85. The van der Waals surface area contributed by atoms with Gasteiger partial charge in [0.15, 0.2) is 5.82 Å². The van der Waals surface area contributed by atoms with E-state index in [2.05, 4.69) is 15.4 Å². The molecule has 1 aromatic rings. The molecule has 0 amide bonds. The lowest BCUT2D eigenvalue weighted by molar-refractivity contribution is 0.0536. The molecule has 0 aliphatic heterocycles. The number of hydrogen-bond donors (Lipinski definition) is 2. The number of nitrogens with one attached hydrogen (secondary N) is 1. The molecule has 0 aliphatic carbocycles. The molecule has 0 fully saturated rings. The van der Waals surface area contributed by atoms with E-state index in [-0.39, 0.29) is 0 Å². The number of anilines is 1. The molecule has 0 aromatic carbocycles. The number of nitrogens with two attached hydrogens (primary N) is 1. The maximum Gasteiger partial charge on any atom is 0.234 e. The van der Waals surface area contributed by atoms with Gasteiger partial charge in [-0.1, -0.05) is 0 Å².